The van der Waals surface area contributed by atoms with Crippen LogP contribution in [0, 0.1) is 11.3 Å². The minimum Gasteiger partial charge on any atom is -0.379 e. The van der Waals surface area contributed by atoms with Crippen molar-refractivity contribution in [2.45, 2.75) is 57.5 Å². The Labute approximate surface area is 98.7 Å². The molecule has 1 rings (SSSR count). The first kappa shape index (κ1) is 13.5. The van der Waals surface area contributed by atoms with Gasteiger partial charge in [0.1, 0.15) is 0 Å². The van der Waals surface area contributed by atoms with E-state index in [-0.39, 0.29) is 0 Å². The van der Waals surface area contributed by atoms with Crippen molar-refractivity contribution in [3.05, 3.63) is 0 Å². The molecule has 0 aliphatic carbocycles. The lowest BCUT2D eigenvalue weighted by Crippen LogP contribution is -2.14. The molecule has 0 aromatic rings. The molecule has 16 heavy (non-hydrogen) atoms. The van der Waals surface area contributed by atoms with Gasteiger partial charge in [-0.2, -0.15) is 5.26 Å². The van der Waals surface area contributed by atoms with Crippen LogP contribution in [-0.2, 0) is 9.47 Å². The first-order chi connectivity index (χ1) is 7.93. The molecule has 1 saturated heterocycles. The summed E-state index contributed by atoms with van der Waals surface area (Å²) in [5.74, 6) is 0. The van der Waals surface area contributed by atoms with Crippen LogP contribution in [-0.4, -0.2) is 25.9 Å². The lowest BCUT2D eigenvalue weighted by molar-refractivity contribution is 0.0161. The van der Waals surface area contributed by atoms with E-state index in [1.54, 1.807) is 0 Å². The maximum absolute atomic E-state index is 8.36. The van der Waals surface area contributed by atoms with E-state index in [0.29, 0.717) is 12.5 Å². The van der Waals surface area contributed by atoms with Crippen LogP contribution in [0.15, 0.2) is 0 Å². The van der Waals surface area contributed by atoms with E-state index < -0.39 is 0 Å². The highest BCUT2D eigenvalue weighted by atomic mass is 16.5. The minimum absolute atomic E-state index is 0.357. The van der Waals surface area contributed by atoms with E-state index in [1.807, 2.05) is 0 Å². The largest absolute Gasteiger partial charge is 0.379 e. The SMILES string of the molecule is N#CCCCCCCCOCC1CCCO1. The van der Waals surface area contributed by atoms with E-state index in [4.69, 9.17) is 14.7 Å². The first-order valence-corrected chi connectivity index (χ1v) is 6.50. The second kappa shape index (κ2) is 9.62. The van der Waals surface area contributed by atoms with Crippen LogP contribution < -0.4 is 0 Å². The maximum atomic E-state index is 8.36. The minimum atomic E-state index is 0.357. The van der Waals surface area contributed by atoms with Gasteiger partial charge in [-0.05, 0) is 25.7 Å². The van der Waals surface area contributed by atoms with Crippen LogP contribution in [0.1, 0.15) is 51.4 Å². The van der Waals surface area contributed by atoms with E-state index in [2.05, 4.69) is 6.07 Å². The zero-order chi connectivity index (χ0) is 11.5. The molecule has 92 valence electrons. The molecule has 1 aliphatic heterocycles. The highest BCUT2D eigenvalue weighted by Gasteiger charge is 2.14. The Kier molecular flexibility index (Phi) is 8.10. The molecule has 0 aromatic carbocycles. The topological polar surface area (TPSA) is 42.2 Å². The number of ether oxygens (including phenoxy) is 2. The average molecular weight is 225 g/mol. The lowest BCUT2D eigenvalue weighted by atomic mass is 10.1. The number of hydrogen-bond acceptors (Lipinski definition) is 3. The van der Waals surface area contributed by atoms with Gasteiger partial charge in [0.2, 0.25) is 0 Å². The van der Waals surface area contributed by atoms with Crippen LogP contribution >= 0.6 is 0 Å². The van der Waals surface area contributed by atoms with Crippen molar-refractivity contribution >= 4 is 0 Å². The molecule has 1 aliphatic rings. The highest BCUT2D eigenvalue weighted by molar-refractivity contribution is 4.67. The normalized spacial score (nSPS) is 19.8. The summed E-state index contributed by atoms with van der Waals surface area (Å²) in [6.45, 7) is 2.54. The van der Waals surface area contributed by atoms with Gasteiger partial charge < -0.3 is 9.47 Å². The van der Waals surface area contributed by atoms with Crippen molar-refractivity contribution in [3.63, 3.8) is 0 Å². The standard InChI is InChI=1S/C13H23NO2/c14-9-5-3-1-2-4-6-10-15-12-13-8-7-11-16-13/h13H,1-8,10-12H2. The van der Waals surface area contributed by atoms with Gasteiger partial charge in [0.25, 0.3) is 0 Å². The summed E-state index contributed by atoms with van der Waals surface area (Å²) in [5.41, 5.74) is 0. The predicted molar refractivity (Wildman–Crippen MR) is 63.1 cm³/mol. The second-order valence-corrected chi connectivity index (χ2v) is 4.39. The van der Waals surface area contributed by atoms with Crippen molar-refractivity contribution in [1.29, 1.82) is 5.26 Å². The second-order valence-electron chi connectivity index (χ2n) is 4.39. The van der Waals surface area contributed by atoms with Crippen LogP contribution in [0.25, 0.3) is 0 Å². The smallest absolute Gasteiger partial charge is 0.0809 e. The summed E-state index contributed by atoms with van der Waals surface area (Å²) in [5, 5.41) is 8.36. The van der Waals surface area contributed by atoms with Crippen LogP contribution in [0.4, 0.5) is 0 Å². The molecule has 1 unspecified atom stereocenters. The number of hydrogen-bond donors (Lipinski definition) is 0. The van der Waals surface area contributed by atoms with Gasteiger partial charge in [0, 0.05) is 19.6 Å². The Hall–Kier alpha value is -0.590. The van der Waals surface area contributed by atoms with Gasteiger partial charge >= 0.3 is 0 Å². The van der Waals surface area contributed by atoms with Crippen molar-refractivity contribution in [2.75, 3.05) is 19.8 Å². The average Bonchev–Trinajstić information content (AvgIpc) is 2.80. The summed E-state index contributed by atoms with van der Waals surface area (Å²) >= 11 is 0. The van der Waals surface area contributed by atoms with Crippen molar-refractivity contribution in [2.24, 2.45) is 0 Å². The maximum Gasteiger partial charge on any atom is 0.0809 e. The van der Waals surface area contributed by atoms with E-state index >= 15 is 0 Å². The van der Waals surface area contributed by atoms with Crippen molar-refractivity contribution < 1.29 is 9.47 Å². The van der Waals surface area contributed by atoms with Gasteiger partial charge in [-0.15, -0.1) is 0 Å². The summed E-state index contributed by atoms with van der Waals surface area (Å²) in [7, 11) is 0. The summed E-state index contributed by atoms with van der Waals surface area (Å²) in [4.78, 5) is 0. The quantitative estimate of drug-likeness (QED) is 0.566. The molecule has 0 bridgehead atoms. The van der Waals surface area contributed by atoms with Crippen LogP contribution in [0.3, 0.4) is 0 Å². The number of rotatable bonds is 9. The molecule has 0 N–H and O–H groups in total. The Morgan fingerprint density at radius 2 is 2.00 bits per heavy atom. The van der Waals surface area contributed by atoms with Gasteiger partial charge in [0.15, 0.2) is 0 Å². The third kappa shape index (κ3) is 6.81. The summed E-state index contributed by atoms with van der Waals surface area (Å²) < 4.78 is 11.0. The van der Waals surface area contributed by atoms with Crippen molar-refractivity contribution in [1.82, 2.24) is 0 Å². The predicted octanol–water partition coefficient (Wildman–Crippen LogP) is 3.05. The third-order valence-electron chi connectivity index (χ3n) is 2.90. The van der Waals surface area contributed by atoms with Crippen LogP contribution in [0.2, 0.25) is 0 Å². The fraction of sp³-hybridized carbons (Fsp3) is 0.923. The zero-order valence-electron chi connectivity index (χ0n) is 10.1. The number of nitriles is 1. The molecule has 1 heterocycles. The van der Waals surface area contributed by atoms with Crippen LogP contribution in [0.5, 0.6) is 0 Å². The molecule has 1 fully saturated rings. The molecule has 0 radical (unpaired) electrons. The van der Waals surface area contributed by atoms with E-state index in [0.717, 1.165) is 39.1 Å². The molecule has 0 spiro atoms. The zero-order valence-corrected chi connectivity index (χ0v) is 10.1. The van der Waals surface area contributed by atoms with E-state index in [1.165, 1.54) is 25.7 Å². The molecule has 3 heteroatoms. The lowest BCUT2D eigenvalue weighted by Gasteiger charge is -2.09. The molecule has 0 amide bonds. The number of unbranched alkanes of at least 4 members (excludes halogenated alkanes) is 5. The Balaban J connectivity index is 1.73. The summed E-state index contributed by atoms with van der Waals surface area (Å²) in [6, 6.07) is 2.17. The highest BCUT2D eigenvalue weighted by Crippen LogP contribution is 2.12. The van der Waals surface area contributed by atoms with Gasteiger partial charge in [-0.3, -0.25) is 0 Å². The fourth-order valence-electron chi connectivity index (χ4n) is 1.93. The van der Waals surface area contributed by atoms with Gasteiger partial charge in [-0.1, -0.05) is 19.3 Å². The fourth-order valence-corrected chi connectivity index (χ4v) is 1.93. The van der Waals surface area contributed by atoms with E-state index in [9.17, 15) is 0 Å². The molecular formula is C13H23NO2. The Morgan fingerprint density at radius 3 is 2.75 bits per heavy atom. The third-order valence-corrected chi connectivity index (χ3v) is 2.90. The molecule has 0 aromatic heterocycles. The Bertz CT molecular complexity index is 195. The Morgan fingerprint density at radius 1 is 1.19 bits per heavy atom. The molecule has 1 atom stereocenters. The van der Waals surface area contributed by atoms with Gasteiger partial charge in [-0.25, -0.2) is 0 Å². The summed E-state index contributed by atoms with van der Waals surface area (Å²) in [6.07, 6.45) is 9.22. The van der Waals surface area contributed by atoms with Crippen molar-refractivity contribution in [3.8, 4) is 6.07 Å². The molecule has 0 saturated carbocycles. The molecular weight excluding hydrogens is 202 g/mol. The molecule has 3 nitrogen and oxygen atoms in total. The number of nitrogens with zero attached hydrogens (tertiary/aromatic N) is 1. The first-order valence-electron chi connectivity index (χ1n) is 6.50. The van der Waals surface area contributed by atoms with Gasteiger partial charge in [0.05, 0.1) is 18.8 Å². The monoisotopic (exact) mass is 225 g/mol.